The Hall–Kier alpha value is -1.41. The fourth-order valence-corrected chi connectivity index (χ4v) is 2.82. The molecule has 0 unspecified atom stereocenters. The van der Waals surface area contributed by atoms with Crippen LogP contribution in [0.5, 0.6) is 0 Å². The Labute approximate surface area is 100 Å². The first-order valence-electron chi connectivity index (χ1n) is 6.16. The molecule has 0 radical (unpaired) electrons. The molecule has 0 aromatic heterocycles. The topological polar surface area (TPSA) is 26.0 Å². The van der Waals surface area contributed by atoms with Crippen molar-refractivity contribution in [1.29, 1.82) is 0 Å². The van der Waals surface area contributed by atoms with Gasteiger partial charge in [0.1, 0.15) is 5.82 Å². The zero-order valence-electron chi connectivity index (χ0n) is 9.75. The molecule has 2 N–H and O–H groups in total. The van der Waals surface area contributed by atoms with Gasteiger partial charge >= 0.3 is 0 Å². The van der Waals surface area contributed by atoms with E-state index in [0.29, 0.717) is 0 Å². The minimum absolute atomic E-state index is 0.188. The summed E-state index contributed by atoms with van der Waals surface area (Å²) in [5, 5.41) is 2.01. The molecule has 1 aliphatic rings. The highest BCUT2D eigenvalue weighted by molar-refractivity contribution is 5.83. The average Bonchev–Trinajstić information content (AvgIpc) is 2.76. The van der Waals surface area contributed by atoms with Crippen LogP contribution in [0.4, 0.5) is 4.39 Å². The van der Waals surface area contributed by atoms with Crippen molar-refractivity contribution in [2.24, 2.45) is 5.73 Å². The summed E-state index contributed by atoms with van der Waals surface area (Å²) >= 11 is 0. The highest BCUT2D eigenvalue weighted by atomic mass is 19.1. The van der Waals surface area contributed by atoms with Crippen LogP contribution in [-0.2, 0) is 5.54 Å². The lowest BCUT2D eigenvalue weighted by molar-refractivity contribution is 0.462. The molecule has 2 heteroatoms. The normalized spacial score (nSPS) is 18.7. The lowest BCUT2D eigenvalue weighted by Crippen LogP contribution is -2.32. The van der Waals surface area contributed by atoms with Gasteiger partial charge in [-0.2, -0.15) is 0 Å². The van der Waals surface area contributed by atoms with Gasteiger partial charge in [0.25, 0.3) is 0 Å². The van der Waals surface area contributed by atoms with Crippen molar-refractivity contribution >= 4 is 10.8 Å². The molecule has 1 saturated carbocycles. The predicted molar refractivity (Wildman–Crippen MR) is 68.2 cm³/mol. The third-order valence-corrected chi connectivity index (χ3v) is 3.87. The quantitative estimate of drug-likeness (QED) is 0.792. The molecule has 0 aliphatic heterocycles. The second-order valence-electron chi connectivity index (χ2n) is 5.07. The maximum absolute atomic E-state index is 13.2. The molecule has 0 amide bonds. The Kier molecular flexibility index (Phi) is 2.40. The Morgan fingerprint density at radius 2 is 1.65 bits per heavy atom. The molecule has 2 aromatic carbocycles. The number of benzene rings is 2. The van der Waals surface area contributed by atoms with Gasteiger partial charge in [-0.1, -0.05) is 31.0 Å². The van der Waals surface area contributed by atoms with Crippen molar-refractivity contribution in [3.05, 3.63) is 47.8 Å². The molecule has 3 rings (SSSR count). The van der Waals surface area contributed by atoms with Crippen LogP contribution >= 0.6 is 0 Å². The Morgan fingerprint density at radius 1 is 0.941 bits per heavy atom. The maximum Gasteiger partial charge on any atom is 0.123 e. The van der Waals surface area contributed by atoms with Gasteiger partial charge in [-0.05, 0) is 47.4 Å². The highest BCUT2D eigenvalue weighted by Gasteiger charge is 2.31. The molecule has 0 heterocycles. The van der Waals surface area contributed by atoms with Gasteiger partial charge in [0, 0.05) is 5.54 Å². The van der Waals surface area contributed by atoms with Crippen molar-refractivity contribution in [3.63, 3.8) is 0 Å². The highest BCUT2D eigenvalue weighted by Crippen LogP contribution is 2.37. The standard InChI is InChI=1S/C15H16FN/c16-14-6-4-11-3-5-13(9-12(11)10-14)15(17)7-1-2-8-15/h3-6,9-10H,1-2,7-8,17H2. The van der Waals surface area contributed by atoms with Crippen LogP contribution in [0.15, 0.2) is 36.4 Å². The van der Waals surface area contributed by atoms with Crippen LogP contribution in [0, 0.1) is 5.82 Å². The Bertz CT molecular complexity index is 556. The van der Waals surface area contributed by atoms with E-state index in [9.17, 15) is 4.39 Å². The first kappa shape index (κ1) is 10.7. The lowest BCUT2D eigenvalue weighted by atomic mass is 9.88. The van der Waals surface area contributed by atoms with Gasteiger partial charge in [-0.25, -0.2) is 4.39 Å². The van der Waals surface area contributed by atoms with Crippen molar-refractivity contribution in [3.8, 4) is 0 Å². The maximum atomic E-state index is 13.2. The lowest BCUT2D eigenvalue weighted by Gasteiger charge is -2.24. The molecule has 1 aliphatic carbocycles. The van der Waals surface area contributed by atoms with E-state index in [1.54, 1.807) is 6.07 Å². The van der Waals surface area contributed by atoms with Crippen LogP contribution < -0.4 is 5.73 Å². The van der Waals surface area contributed by atoms with Crippen molar-refractivity contribution in [2.75, 3.05) is 0 Å². The van der Waals surface area contributed by atoms with E-state index >= 15 is 0 Å². The second-order valence-corrected chi connectivity index (χ2v) is 5.07. The van der Waals surface area contributed by atoms with Gasteiger partial charge in [0.2, 0.25) is 0 Å². The van der Waals surface area contributed by atoms with Gasteiger partial charge in [0.15, 0.2) is 0 Å². The number of rotatable bonds is 1. The summed E-state index contributed by atoms with van der Waals surface area (Å²) in [5.74, 6) is -0.188. The Balaban J connectivity index is 2.12. The number of fused-ring (bicyclic) bond motifs is 1. The number of hydrogen-bond acceptors (Lipinski definition) is 1. The summed E-state index contributed by atoms with van der Waals surface area (Å²) in [5.41, 5.74) is 7.37. The zero-order valence-corrected chi connectivity index (χ0v) is 9.75. The van der Waals surface area contributed by atoms with Crippen LogP contribution in [0.25, 0.3) is 10.8 Å². The third kappa shape index (κ3) is 1.83. The predicted octanol–water partition coefficient (Wildman–Crippen LogP) is 3.71. The van der Waals surface area contributed by atoms with E-state index in [2.05, 4.69) is 6.07 Å². The van der Waals surface area contributed by atoms with Gasteiger partial charge < -0.3 is 5.73 Å². The van der Waals surface area contributed by atoms with Gasteiger partial charge in [0.05, 0.1) is 0 Å². The third-order valence-electron chi connectivity index (χ3n) is 3.87. The van der Waals surface area contributed by atoms with Gasteiger partial charge in [-0.3, -0.25) is 0 Å². The van der Waals surface area contributed by atoms with Crippen molar-refractivity contribution in [2.45, 2.75) is 31.2 Å². The molecule has 88 valence electrons. The second kappa shape index (κ2) is 3.81. The number of hydrogen-bond donors (Lipinski definition) is 1. The smallest absolute Gasteiger partial charge is 0.123 e. The van der Waals surface area contributed by atoms with Crippen molar-refractivity contribution < 1.29 is 4.39 Å². The van der Waals surface area contributed by atoms with E-state index in [1.165, 1.54) is 18.9 Å². The minimum atomic E-state index is -0.194. The van der Waals surface area contributed by atoms with Crippen molar-refractivity contribution in [1.82, 2.24) is 0 Å². The SMILES string of the molecule is NC1(c2ccc3ccc(F)cc3c2)CCCC1. The molecule has 0 atom stereocenters. The van der Waals surface area contributed by atoms with Crippen LogP contribution in [0.3, 0.4) is 0 Å². The van der Waals surface area contributed by atoms with E-state index in [1.807, 2.05) is 18.2 Å². The molecular weight excluding hydrogens is 213 g/mol. The summed E-state index contributed by atoms with van der Waals surface area (Å²) in [6.07, 6.45) is 4.46. The van der Waals surface area contributed by atoms with Gasteiger partial charge in [-0.15, -0.1) is 0 Å². The fraction of sp³-hybridized carbons (Fsp3) is 0.333. The van der Waals surface area contributed by atoms with Crippen LogP contribution in [0.1, 0.15) is 31.2 Å². The molecule has 0 spiro atoms. The largest absolute Gasteiger partial charge is 0.321 e. The Morgan fingerprint density at radius 3 is 2.41 bits per heavy atom. The number of nitrogens with two attached hydrogens (primary N) is 1. The summed E-state index contributed by atoms with van der Waals surface area (Å²) in [7, 11) is 0. The zero-order chi connectivity index (χ0) is 11.9. The average molecular weight is 229 g/mol. The van der Waals surface area contributed by atoms with Crippen LogP contribution in [0.2, 0.25) is 0 Å². The minimum Gasteiger partial charge on any atom is -0.321 e. The molecule has 17 heavy (non-hydrogen) atoms. The first-order valence-corrected chi connectivity index (χ1v) is 6.16. The number of halogens is 1. The van der Waals surface area contributed by atoms with E-state index < -0.39 is 0 Å². The first-order chi connectivity index (χ1) is 8.17. The van der Waals surface area contributed by atoms with E-state index in [0.717, 1.165) is 29.2 Å². The molecule has 0 bridgehead atoms. The van der Waals surface area contributed by atoms with E-state index in [-0.39, 0.29) is 11.4 Å². The summed E-state index contributed by atoms with van der Waals surface area (Å²) in [6.45, 7) is 0. The molecular formula is C15H16FN. The summed E-state index contributed by atoms with van der Waals surface area (Å²) < 4.78 is 13.2. The molecule has 0 saturated heterocycles. The fourth-order valence-electron chi connectivity index (χ4n) is 2.82. The molecule has 2 aromatic rings. The monoisotopic (exact) mass is 229 g/mol. The summed E-state index contributed by atoms with van der Waals surface area (Å²) in [4.78, 5) is 0. The van der Waals surface area contributed by atoms with E-state index in [4.69, 9.17) is 5.73 Å². The molecule has 1 nitrogen and oxygen atoms in total. The molecule has 1 fully saturated rings. The summed E-state index contributed by atoms with van der Waals surface area (Å²) in [6, 6.07) is 11.1. The van der Waals surface area contributed by atoms with Crippen LogP contribution in [-0.4, -0.2) is 0 Å².